The predicted octanol–water partition coefficient (Wildman–Crippen LogP) is 0.575. The molecule has 1 aliphatic rings. The van der Waals surface area contributed by atoms with Crippen LogP contribution in [0.1, 0.15) is 18.3 Å². The minimum absolute atomic E-state index is 0.169. The van der Waals surface area contributed by atoms with Crippen LogP contribution in [0.3, 0.4) is 0 Å². The number of aromatic nitrogens is 2. The first-order valence-corrected chi connectivity index (χ1v) is 4.01. The molecule has 1 aromatic heterocycles. The summed E-state index contributed by atoms with van der Waals surface area (Å²) in [6, 6.07) is 0.122. The van der Waals surface area contributed by atoms with Gasteiger partial charge in [-0.05, 0) is 18.6 Å². The second kappa shape index (κ2) is 2.80. The lowest BCUT2D eigenvalue weighted by Gasteiger charge is -2.03. The molecule has 0 fully saturated rings. The summed E-state index contributed by atoms with van der Waals surface area (Å²) in [5.41, 5.74) is 5.77. The van der Waals surface area contributed by atoms with Gasteiger partial charge in [0, 0.05) is 6.21 Å². The van der Waals surface area contributed by atoms with Crippen molar-refractivity contribution in [2.75, 3.05) is 0 Å². The Morgan fingerprint density at radius 1 is 1.83 bits per heavy atom. The van der Waals surface area contributed by atoms with E-state index in [9.17, 15) is 0 Å². The van der Waals surface area contributed by atoms with Gasteiger partial charge in [-0.1, -0.05) is 0 Å². The molecule has 2 atom stereocenters. The zero-order chi connectivity index (χ0) is 8.55. The summed E-state index contributed by atoms with van der Waals surface area (Å²) < 4.78 is 4.75. The number of hydrogen-bond acceptors (Lipinski definition) is 5. The molecular formula is C6H8N4OS. The van der Waals surface area contributed by atoms with E-state index < -0.39 is 0 Å². The summed E-state index contributed by atoms with van der Waals surface area (Å²) in [6.45, 7) is 0. The highest BCUT2D eigenvalue weighted by molar-refractivity contribution is 7.71. The molecule has 1 aliphatic heterocycles. The van der Waals surface area contributed by atoms with Crippen molar-refractivity contribution in [2.45, 2.75) is 18.5 Å². The van der Waals surface area contributed by atoms with Gasteiger partial charge < -0.3 is 10.3 Å². The van der Waals surface area contributed by atoms with E-state index >= 15 is 0 Å². The molecule has 1 aromatic rings. The van der Waals surface area contributed by atoms with E-state index in [4.69, 9.17) is 10.3 Å². The Balaban J connectivity index is 2.02. The van der Waals surface area contributed by atoms with Crippen LogP contribution in [0.5, 0.6) is 0 Å². The van der Waals surface area contributed by atoms with Crippen LogP contribution in [-0.2, 0) is 0 Å². The third-order valence-electron chi connectivity index (χ3n) is 1.66. The quantitative estimate of drug-likeness (QED) is 0.673. The lowest BCUT2D eigenvalue weighted by atomic mass is 10.1. The molecule has 64 valence electrons. The minimum Gasteiger partial charge on any atom is -0.348 e. The van der Waals surface area contributed by atoms with Crippen molar-refractivity contribution >= 4 is 18.4 Å². The van der Waals surface area contributed by atoms with E-state index in [1.54, 1.807) is 0 Å². The zero-order valence-electron chi connectivity index (χ0n) is 6.23. The first kappa shape index (κ1) is 7.63. The molecule has 0 aliphatic carbocycles. The fourth-order valence-corrected chi connectivity index (χ4v) is 1.09. The van der Waals surface area contributed by atoms with Gasteiger partial charge in [0.2, 0.25) is 0 Å². The van der Waals surface area contributed by atoms with E-state index in [1.165, 1.54) is 0 Å². The molecule has 12 heavy (non-hydrogen) atoms. The second-order valence-electron chi connectivity index (χ2n) is 2.67. The molecule has 2 unspecified atom stereocenters. The molecule has 0 aromatic carbocycles. The average Bonchev–Trinajstić information content (AvgIpc) is 2.72. The highest BCUT2D eigenvalue weighted by atomic mass is 32.1. The maximum Gasteiger partial charge on any atom is 0.314 e. The molecular weight excluding hydrogens is 176 g/mol. The number of H-pyrrole nitrogens is 1. The fourth-order valence-electron chi connectivity index (χ4n) is 0.953. The lowest BCUT2D eigenvalue weighted by molar-refractivity contribution is 0.392. The second-order valence-corrected chi connectivity index (χ2v) is 3.02. The number of aromatic amines is 1. The van der Waals surface area contributed by atoms with Crippen molar-refractivity contribution in [3.8, 4) is 0 Å². The standard InChI is InChI=1S/C6H8N4OS/c7-4(1-3-2-8-3)5-9-6(12)11-10-5/h2-4H,1,7H2,(H,9,10,12). The summed E-state index contributed by atoms with van der Waals surface area (Å²) in [4.78, 5) is 8.07. The van der Waals surface area contributed by atoms with Crippen molar-refractivity contribution < 1.29 is 4.52 Å². The topological polar surface area (TPSA) is 80.2 Å². The van der Waals surface area contributed by atoms with E-state index in [-0.39, 0.29) is 10.9 Å². The lowest BCUT2D eigenvalue weighted by Crippen LogP contribution is -2.14. The summed E-state index contributed by atoms with van der Waals surface area (Å²) in [6.07, 6.45) is 2.62. The van der Waals surface area contributed by atoms with E-state index in [0.717, 1.165) is 6.42 Å². The van der Waals surface area contributed by atoms with Crippen LogP contribution in [-0.4, -0.2) is 22.4 Å². The maximum atomic E-state index is 5.77. The van der Waals surface area contributed by atoms with Gasteiger partial charge in [0.15, 0.2) is 5.82 Å². The van der Waals surface area contributed by atoms with Gasteiger partial charge in [-0.2, -0.15) is 4.98 Å². The summed E-state index contributed by atoms with van der Waals surface area (Å²) in [7, 11) is 0. The Bertz CT molecular complexity index is 348. The van der Waals surface area contributed by atoms with Crippen molar-refractivity contribution in [1.29, 1.82) is 0 Å². The van der Waals surface area contributed by atoms with E-state index in [2.05, 4.69) is 27.4 Å². The average molecular weight is 184 g/mol. The SMILES string of the molecule is NC(CC1C=N1)c1nc(=S)o[nH]1. The molecule has 0 spiro atoms. The summed E-state index contributed by atoms with van der Waals surface area (Å²) in [5.74, 6) is 0.593. The Kier molecular flexibility index (Phi) is 1.78. The smallest absolute Gasteiger partial charge is 0.314 e. The van der Waals surface area contributed by atoms with Crippen LogP contribution in [0.25, 0.3) is 0 Å². The number of nitrogens with one attached hydrogen (secondary N) is 1. The van der Waals surface area contributed by atoms with Gasteiger partial charge in [-0.3, -0.25) is 4.99 Å². The van der Waals surface area contributed by atoms with Crippen molar-refractivity contribution in [2.24, 2.45) is 10.7 Å². The van der Waals surface area contributed by atoms with E-state index in [1.807, 2.05) is 6.21 Å². The van der Waals surface area contributed by atoms with E-state index in [0.29, 0.717) is 11.9 Å². The van der Waals surface area contributed by atoms with Crippen molar-refractivity contribution in [1.82, 2.24) is 10.1 Å². The van der Waals surface area contributed by atoms with Gasteiger partial charge in [-0.15, -0.1) is 0 Å². The number of nitrogens with zero attached hydrogens (tertiary/aromatic N) is 2. The Morgan fingerprint density at radius 3 is 3.08 bits per heavy atom. The van der Waals surface area contributed by atoms with Gasteiger partial charge in [0.25, 0.3) is 0 Å². The van der Waals surface area contributed by atoms with Crippen LogP contribution in [0.4, 0.5) is 0 Å². The molecule has 2 rings (SSSR count). The molecule has 6 heteroatoms. The number of nitrogens with two attached hydrogens (primary N) is 1. The monoisotopic (exact) mass is 184 g/mol. The first-order valence-electron chi connectivity index (χ1n) is 3.60. The first-order chi connectivity index (χ1) is 5.75. The van der Waals surface area contributed by atoms with Crippen molar-refractivity contribution in [3.63, 3.8) is 0 Å². The predicted molar refractivity (Wildman–Crippen MR) is 45.5 cm³/mol. The normalized spacial score (nSPS) is 22.6. The van der Waals surface area contributed by atoms with Crippen LogP contribution in [0.15, 0.2) is 9.52 Å². The van der Waals surface area contributed by atoms with Crippen LogP contribution in [0, 0.1) is 4.84 Å². The molecule has 2 heterocycles. The Hall–Kier alpha value is -1.01. The third kappa shape index (κ3) is 1.59. The maximum absolute atomic E-state index is 5.77. The molecule has 0 amide bonds. The molecule has 0 bridgehead atoms. The van der Waals surface area contributed by atoms with Crippen LogP contribution in [0.2, 0.25) is 0 Å². The van der Waals surface area contributed by atoms with Gasteiger partial charge in [-0.25, -0.2) is 5.16 Å². The zero-order valence-corrected chi connectivity index (χ0v) is 7.04. The number of aliphatic imine (C=N–C) groups is 1. The summed E-state index contributed by atoms with van der Waals surface area (Å²) in [5, 5.41) is 2.57. The molecule has 5 nitrogen and oxygen atoms in total. The summed E-state index contributed by atoms with van der Waals surface area (Å²) >= 11 is 4.69. The third-order valence-corrected chi connectivity index (χ3v) is 1.84. The molecule has 0 saturated heterocycles. The number of rotatable bonds is 3. The molecule has 0 saturated carbocycles. The van der Waals surface area contributed by atoms with Gasteiger partial charge in [0.1, 0.15) is 0 Å². The van der Waals surface area contributed by atoms with Crippen molar-refractivity contribution in [3.05, 3.63) is 10.7 Å². The largest absolute Gasteiger partial charge is 0.348 e. The molecule has 3 N–H and O–H groups in total. The van der Waals surface area contributed by atoms with Gasteiger partial charge >= 0.3 is 4.84 Å². The Labute approximate surface area is 73.7 Å². The number of hydrogen-bond donors (Lipinski definition) is 2. The highest BCUT2D eigenvalue weighted by Gasteiger charge is 2.20. The Morgan fingerprint density at radius 2 is 2.58 bits per heavy atom. The minimum atomic E-state index is -0.169. The van der Waals surface area contributed by atoms with Crippen LogP contribution < -0.4 is 5.73 Å². The highest BCUT2D eigenvalue weighted by Crippen LogP contribution is 2.17. The van der Waals surface area contributed by atoms with Gasteiger partial charge in [0.05, 0.1) is 12.1 Å². The fraction of sp³-hybridized carbons (Fsp3) is 0.500. The molecule has 0 radical (unpaired) electrons. The van der Waals surface area contributed by atoms with Crippen LogP contribution >= 0.6 is 12.2 Å².